The predicted octanol–water partition coefficient (Wildman–Crippen LogP) is 9.53. The van der Waals surface area contributed by atoms with E-state index in [2.05, 4.69) is 83.9 Å². The molecular weight excluding hydrogens is 456 g/mol. The van der Waals surface area contributed by atoms with Crippen LogP contribution >= 0.6 is 64.3 Å². The number of hydrogen-bond donors (Lipinski definition) is 0. The molecule has 0 heterocycles. The Morgan fingerprint density at radius 3 is 1.44 bits per heavy atom. The van der Waals surface area contributed by atoms with Gasteiger partial charge in [0.15, 0.2) is 0 Å². The Morgan fingerprint density at radius 1 is 0.840 bits per heavy atom. The Hall–Kier alpha value is 3.11. The Labute approximate surface area is 172 Å². The van der Waals surface area contributed by atoms with Gasteiger partial charge in [-0.05, 0) is 45.4 Å². The third kappa shape index (κ3) is 12.4. The molecule has 152 valence electrons. The largest absolute Gasteiger partial charge is 0.299 e. The van der Waals surface area contributed by atoms with Gasteiger partial charge in [0.25, 0.3) is 0 Å². The van der Waals surface area contributed by atoms with E-state index in [9.17, 15) is 4.79 Å². The van der Waals surface area contributed by atoms with Crippen molar-refractivity contribution < 1.29 is 4.79 Å². The van der Waals surface area contributed by atoms with Crippen LogP contribution in [0.5, 0.6) is 0 Å². The SMILES string of the molecule is CCC(=O)C(C)P(C)P(P(P)P)P(P)P.CCC(C)C(C)C(C)CC. The molecule has 25 heavy (non-hydrogen) atoms. The van der Waals surface area contributed by atoms with E-state index in [1.165, 1.54) is 12.8 Å². The first kappa shape index (κ1) is 30.3. The molecule has 0 amide bonds. The maximum Gasteiger partial charge on any atom is 0.140 e. The molecule has 8 unspecified atom stereocenters. The molecule has 0 aliphatic heterocycles. The van der Waals surface area contributed by atoms with Gasteiger partial charge in [0.2, 0.25) is 0 Å². The van der Waals surface area contributed by atoms with Gasteiger partial charge < -0.3 is 0 Å². The van der Waals surface area contributed by atoms with Crippen molar-refractivity contribution in [2.75, 3.05) is 6.66 Å². The third-order valence-corrected chi connectivity index (χ3v) is 48.0. The fourth-order valence-electron chi connectivity index (χ4n) is 2.41. The van der Waals surface area contributed by atoms with E-state index in [1.807, 2.05) is 6.92 Å². The van der Waals surface area contributed by atoms with Gasteiger partial charge in [-0.15, -0.1) is 35.7 Å². The molecule has 0 aliphatic rings. The summed E-state index contributed by atoms with van der Waals surface area (Å²) in [6.45, 7) is 18.0. The van der Waals surface area contributed by atoms with E-state index in [0.29, 0.717) is 12.2 Å². The van der Waals surface area contributed by atoms with Crippen LogP contribution < -0.4 is 0 Å². The lowest BCUT2D eigenvalue weighted by Gasteiger charge is -2.34. The molecule has 0 bridgehead atoms. The molecule has 0 aromatic rings. The molecule has 0 aliphatic carbocycles. The van der Waals surface area contributed by atoms with Gasteiger partial charge in [-0.25, -0.2) is 0 Å². The van der Waals surface area contributed by atoms with E-state index in [4.69, 9.17) is 0 Å². The maximum atomic E-state index is 11.7. The molecule has 9 heteroatoms. The second-order valence-corrected chi connectivity index (χ2v) is 37.3. The van der Waals surface area contributed by atoms with E-state index in [1.54, 1.807) is 0 Å². The Morgan fingerprint density at radius 2 is 1.20 bits per heavy atom. The predicted molar refractivity (Wildman–Crippen MR) is 145 cm³/mol. The molecule has 0 aromatic carbocycles. The van der Waals surface area contributed by atoms with Crippen LogP contribution in [0, 0.1) is 17.8 Å². The molecule has 0 fully saturated rings. The molecular formula is C16H42OP8. The molecule has 8 atom stereocenters. The highest BCUT2D eigenvalue weighted by Crippen LogP contribution is 3.07. The van der Waals surface area contributed by atoms with Crippen molar-refractivity contribution in [3.63, 3.8) is 0 Å². The van der Waals surface area contributed by atoms with Crippen LogP contribution in [0.3, 0.4) is 0 Å². The van der Waals surface area contributed by atoms with Crippen molar-refractivity contribution in [3.05, 3.63) is 0 Å². The van der Waals surface area contributed by atoms with Crippen molar-refractivity contribution in [1.82, 2.24) is 0 Å². The van der Waals surface area contributed by atoms with Gasteiger partial charge in [0, 0.05) is 12.1 Å². The van der Waals surface area contributed by atoms with Crippen LogP contribution in [-0.2, 0) is 4.79 Å². The number of Topliss-reactive ketones (excluding diaryl/α,β-unsaturated/α-hetero) is 1. The first-order chi connectivity index (χ1) is 11.5. The maximum absolute atomic E-state index is 11.7. The molecule has 0 saturated carbocycles. The summed E-state index contributed by atoms with van der Waals surface area (Å²) in [7, 11) is 11.7. The zero-order valence-electron chi connectivity index (χ0n) is 17.4. The van der Waals surface area contributed by atoms with Gasteiger partial charge in [0.05, 0.1) is 0 Å². The number of rotatable bonds is 10. The summed E-state index contributed by atoms with van der Waals surface area (Å²) >= 11 is 0. The topological polar surface area (TPSA) is 17.1 Å². The third-order valence-electron chi connectivity index (χ3n) is 5.15. The lowest BCUT2D eigenvalue weighted by molar-refractivity contribution is -0.118. The molecule has 0 saturated heterocycles. The summed E-state index contributed by atoms with van der Waals surface area (Å²) in [6, 6.07) is 0. The quantitative estimate of drug-likeness (QED) is 0.274. The van der Waals surface area contributed by atoms with E-state index in [0.717, 1.165) is 17.8 Å². The Balaban J connectivity index is 0. The zero-order chi connectivity index (χ0) is 20.3. The van der Waals surface area contributed by atoms with Gasteiger partial charge in [0.1, 0.15) is 5.78 Å². The normalized spacial score (nSPS) is 17.7. The minimum Gasteiger partial charge on any atom is -0.299 e. The average molecular weight is 498 g/mol. The monoisotopic (exact) mass is 498 g/mol. The minimum atomic E-state index is -0.140. The molecule has 0 rings (SSSR count). The fourth-order valence-corrected chi connectivity index (χ4v) is 62.3. The lowest BCUT2D eigenvalue weighted by atomic mass is 9.82. The van der Waals surface area contributed by atoms with E-state index >= 15 is 0 Å². The van der Waals surface area contributed by atoms with Crippen LogP contribution in [0.1, 0.15) is 67.7 Å². The average Bonchev–Trinajstić information content (AvgIpc) is 2.57. The second-order valence-electron chi connectivity index (χ2n) is 6.73. The Kier molecular flexibility index (Phi) is 20.4. The zero-order valence-corrected chi connectivity index (χ0v) is 25.6. The van der Waals surface area contributed by atoms with Crippen LogP contribution in [0.15, 0.2) is 0 Å². The molecule has 1 nitrogen and oxygen atoms in total. The van der Waals surface area contributed by atoms with E-state index in [-0.39, 0.29) is 34.2 Å². The number of hydrogen-bond acceptors (Lipinski definition) is 1. The van der Waals surface area contributed by atoms with Gasteiger partial charge in [-0.1, -0.05) is 68.9 Å². The minimum absolute atomic E-state index is 0.00801. The first-order valence-corrected chi connectivity index (χ1v) is 23.6. The van der Waals surface area contributed by atoms with Crippen molar-refractivity contribution >= 4 is 70.1 Å². The highest BCUT2D eigenvalue weighted by atomic mass is 33.1. The summed E-state index contributed by atoms with van der Waals surface area (Å²) in [5, 5.41) is 0. The smallest absolute Gasteiger partial charge is 0.140 e. The summed E-state index contributed by atoms with van der Waals surface area (Å²) in [5.74, 6) is 3.13. The highest BCUT2D eigenvalue weighted by molar-refractivity contribution is 9.09. The molecule has 0 aromatic heterocycles. The Bertz CT molecular complexity index is 335. The molecule has 0 spiro atoms. The summed E-state index contributed by atoms with van der Waals surface area (Å²) < 4.78 is 0. The number of carbonyl (C=O) groups excluding carboxylic acids is 1. The molecule has 0 radical (unpaired) electrons. The van der Waals surface area contributed by atoms with Crippen LogP contribution in [0.4, 0.5) is 0 Å². The second kappa shape index (κ2) is 16.9. The molecule has 0 N–H and O–H groups in total. The van der Waals surface area contributed by atoms with Crippen LogP contribution in [0.25, 0.3) is 0 Å². The van der Waals surface area contributed by atoms with Gasteiger partial charge >= 0.3 is 0 Å². The summed E-state index contributed by atoms with van der Waals surface area (Å²) in [5.41, 5.74) is 0.285. The van der Waals surface area contributed by atoms with Gasteiger partial charge in [-0.3, -0.25) is 4.79 Å². The van der Waals surface area contributed by atoms with Crippen molar-refractivity contribution in [2.24, 2.45) is 17.8 Å². The van der Waals surface area contributed by atoms with Crippen LogP contribution in [-0.4, -0.2) is 18.1 Å². The fraction of sp³-hybridized carbons (Fsp3) is 0.938. The number of ketones is 1. The van der Waals surface area contributed by atoms with Crippen molar-refractivity contribution in [3.8, 4) is 0 Å². The number of carbonyl (C=O) groups is 1. The van der Waals surface area contributed by atoms with Crippen LogP contribution in [0.2, 0.25) is 0 Å². The summed E-state index contributed by atoms with van der Waals surface area (Å²) in [6.07, 6.45) is 3.34. The lowest BCUT2D eigenvalue weighted by Crippen LogP contribution is -2.14. The van der Waals surface area contributed by atoms with Crippen molar-refractivity contribution in [1.29, 1.82) is 0 Å². The van der Waals surface area contributed by atoms with Crippen molar-refractivity contribution in [2.45, 2.75) is 73.4 Å². The van der Waals surface area contributed by atoms with E-state index < -0.39 is 0 Å². The summed E-state index contributed by atoms with van der Waals surface area (Å²) in [4.78, 5) is 11.7. The highest BCUT2D eigenvalue weighted by Gasteiger charge is 2.30. The standard InChI is InChI=1S/C10H22.C6H20OP8/c1-6-8(3)10(5)9(4)7-2;1-4-6(7)5(2)12(3)15(13(8)9)14(10)11/h8-10H,6-7H2,1-5H3;5H,4,8-11H2,1-3H3. The van der Waals surface area contributed by atoms with Gasteiger partial charge in [-0.2, -0.15) is 0 Å². The first-order valence-electron chi connectivity index (χ1n) is 9.10.